The smallest absolute Gasteiger partial charge is 0.0979 e. The minimum atomic E-state index is -0.971. The molecule has 0 aliphatic carbocycles. The van der Waals surface area contributed by atoms with Gasteiger partial charge in [-0.05, 0) is 47.7 Å². The molecule has 3 rings (SSSR count). The molecule has 2 aromatic rings. The van der Waals surface area contributed by atoms with Gasteiger partial charge in [0.25, 0.3) is 0 Å². The summed E-state index contributed by atoms with van der Waals surface area (Å²) in [5.74, 6) is 0.291. The average Bonchev–Trinajstić information content (AvgIpc) is 2.67. The summed E-state index contributed by atoms with van der Waals surface area (Å²) in [5.41, 5.74) is 1.10. The van der Waals surface area contributed by atoms with Crippen LogP contribution in [-0.4, -0.2) is 42.9 Å². The predicted molar refractivity (Wildman–Crippen MR) is 119 cm³/mol. The van der Waals surface area contributed by atoms with E-state index in [0.717, 1.165) is 48.4 Å². The molecule has 0 unspecified atom stereocenters. The Morgan fingerprint density at radius 2 is 1.68 bits per heavy atom. The molecule has 5 heteroatoms. The lowest BCUT2D eigenvalue weighted by atomic mass is 9.72. The molecule has 28 heavy (non-hydrogen) atoms. The molecule has 1 aliphatic heterocycles. The third kappa shape index (κ3) is 5.37. The summed E-state index contributed by atoms with van der Waals surface area (Å²) in [6, 6.07) is 16.0. The van der Waals surface area contributed by atoms with Crippen molar-refractivity contribution in [2.45, 2.75) is 31.8 Å². The van der Waals surface area contributed by atoms with E-state index in [9.17, 15) is 5.11 Å². The number of rotatable bonds is 7. The van der Waals surface area contributed by atoms with Crippen molar-refractivity contribution < 1.29 is 9.84 Å². The number of hydrogen-bond acceptors (Lipinski definition) is 3. The van der Waals surface area contributed by atoms with Crippen LogP contribution in [0.4, 0.5) is 0 Å². The molecule has 1 N–H and O–H groups in total. The van der Waals surface area contributed by atoms with Gasteiger partial charge in [-0.25, -0.2) is 0 Å². The highest BCUT2D eigenvalue weighted by molar-refractivity contribution is 9.10. The normalized spacial score (nSPS) is 18.8. The van der Waals surface area contributed by atoms with Crippen LogP contribution in [0, 0.1) is 5.92 Å². The first-order valence-corrected chi connectivity index (χ1v) is 11.1. The van der Waals surface area contributed by atoms with Crippen LogP contribution in [0.3, 0.4) is 0 Å². The van der Waals surface area contributed by atoms with Gasteiger partial charge in [0.1, 0.15) is 0 Å². The maximum absolute atomic E-state index is 12.2. The average molecular weight is 467 g/mol. The molecular formula is C23H29BrClNO2. The fraction of sp³-hybridized carbons (Fsp3) is 0.478. The van der Waals surface area contributed by atoms with Gasteiger partial charge in [-0.3, -0.25) is 4.90 Å². The summed E-state index contributed by atoms with van der Waals surface area (Å²) in [6.07, 6.45) is 0.687. The second-order valence-electron chi connectivity index (χ2n) is 8.05. The molecule has 1 saturated heterocycles. The molecule has 152 valence electrons. The van der Waals surface area contributed by atoms with Crippen LogP contribution < -0.4 is 0 Å². The lowest BCUT2D eigenvalue weighted by molar-refractivity contribution is -0.0356. The zero-order chi connectivity index (χ0) is 20.1. The SMILES string of the molecule is CC(C)C[C@](O)(c1ccc(Br)cc1)[C@H](CN1CCOCC1)c1ccc(Cl)cc1. The lowest BCUT2D eigenvalue weighted by Gasteiger charge is -2.42. The highest BCUT2D eigenvalue weighted by atomic mass is 79.9. The maximum Gasteiger partial charge on any atom is 0.0979 e. The first-order chi connectivity index (χ1) is 13.4. The minimum absolute atomic E-state index is 0.0635. The van der Waals surface area contributed by atoms with Crippen molar-refractivity contribution >= 4 is 27.5 Å². The van der Waals surface area contributed by atoms with Gasteiger partial charge in [-0.1, -0.05) is 65.6 Å². The lowest BCUT2D eigenvalue weighted by Crippen LogP contribution is -2.45. The number of nitrogens with zero attached hydrogens (tertiary/aromatic N) is 1. The second-order valence-corrected chi connectivity index (χ2v) is 9.40. The monoisotopic (exact) mass is 465 g/mol. The second kappa shape index (κ2) is 9.73. The molecule has 1 fully saturated rings. The third-order valence-electron chi connectivity index (χ3n) is 5.46. The van der Waals surface area contributed by atoms with Crippen LogP contribution in [0.2, 0.25) is 5.02 Å². The zero-order valence-corrected chi connectivity index (χ0v) is 18.9. The van der Waals surface area contributed by atoms with Crippen molar-refractivity contribution in [1.29, 1.82) is 0 Å². The van der Waals surface area contributed by atoms with E-state index < -0.39 is 5.60 Å². The number of ether oxygens (including phenoxy) is 1. The molecule has 0 amide bonds. The maximum atomic E-state index is 12.2. The number of hydrogen-bond donors (Lipinski definition) is 1. The van der Waals surface area contributed by atoms with Crippen LogP contribution in [0.15, 0.2) is 53.0 Å². The van der Waals surface area contributed by atoms with E-state index in [1.165, 1.54) is 0 Å². The molecular weight excluding hydrogens is 438 g/mol. The Balaban J connectivity index is 2.03. The van der Waals surface area contributed by atoms with Gasteiger partial charge in [0.15, 0.2) is 0 Å². The highest BCUT2D eigenvalue weighted by Gasteiger charge is 2.41. The number of morpholine rings is 1. The van der Waals surface area contributed by atoms with Crippen LogP contribution >= 0.6 is 27.5 Å². The van der Waals surface area contributed by atoms with Gasteiger partial charge >= 0.3 is 0 Å². The fourth-order valence-electron chi connectivity index (χ4n) is 4.09. The highest BCUT2D eigenvalue weighted by Crippen LogP contribution is 2.43. The minimum Gasteiger partial charge on any atom is -0.384 e. The molecule has 2 aromatic carbocycles. The molecule has 2 atom stereocenters. The molecule has 3 nitrogen and oxygen atoms in total. The Kier molecular flexibility index (Phi) is 7.57. The van der Waals surface area contributed by atoms with Gasteiger partial charge in [0, 0.05) is 35.0 Å². The van der Waals surface area contributed by atoms with Gasteiger partial charge in [-0.15, -0.1) is 0 Å². The summed E-state index contributed by atoms with van der Waals surface area (Å²) in [4.78, 5) is 2.40. The van der Waals surface area contributed by atoms with Crippen LogP contribution in [0.25, 0.3) is 0 Å². The summed E-state index contributed by atoms with van der Waals surface area (Å²) in [7, 11) is 0. The predicted octanol–water partition coefficient (Wildman–Crippen LogP) is 5.45. The summed E-state index contributed by atoms with van der Waals surface area (Å²) < 4.78 is 6.54. The van der Waals surface area contributed by atoms with Gasteiger partial charge in [0.2, 0.25) is 0 Å². The number of benzene rings is 2. The van der Waals surface area contributed by atoms with E-state index in [1.54, 1.807) is 0 Å². The van der Waals surface area contributed by atoms with Crippen LogP contribution in [0.5, 0.6) is 0 Å². The topological polar surface area (TPSA) is 32.7 Å². The molecule has 0 saturated carbocycles. The summed E-state index contributed by atoms with van der Waals surface area (Å²) in [6.45, 7) is 8.38. The van der Waals surface area contributed by atoms with Crippen molar-refractivity contribution in [2.75, 3.05) is 32.8 Å². The number of halogens is 2. The number of aliphatic hydroxyl groups is 1. The zero-order valence-electron chi connectivity index (χ0n) is 16.6. The van der Waals surface area contributed by atoms with Gasteiger partial charge in [-0.2, -0.15) is 0 Å². The summed E-state index contributed by atoms with van der Waals surface area (Å²) in [5, 5.41) is 12.9. The van der Waals surface area contributed by atoms with Gasteiger partial charge < -0.3 is 9.84 Å². The van der Waals surface area contributed by atoms with Crippen molar-refractivity contribution in [3.05, 3.63) is 69.2 Å². The Bertz CT molecular complexity index is 744. The van der Waals surface area contributed by atoms with Crippen molar-refractivity contribution in [2.24, 2.45) is 5.92 Å². The largest absolute Gasteiger partial charge is 0.384 e. The van der Waals surface area contributed by atoms with E-state index in [-0.39, 0.29) is 5.92 Å². The van der Waals surface area contributed by atoms with E-state index in [2.05, 4.69) is 46.8 Å². The van der Waals surface area contributed by atoms with E-state index in [4.69, 9.17) is 16.3 Å². The van der Waals surface area contributed by atoms with Crippen molar-refractivity contribution in [3.8, 4) is 0 Å². The molecule has 0 radical (unpaired) electrons. The van der Waals surface area contributed by atoms with E-state index in [1.807, 2.05) is 36.4 Å². The van der Waals surface area contributed by atoms with Crippen molar-refractivity contribution in [3.63, 3.8) is 0 Å². The Labute approximate surface area is 181 Å². The molecule has 0 aromatic heterocycles. The summed E-state index contributed by atoms with van der Waals surface area (Å²) >= 11 is 9.66. The van der Waals surface area contributed by atoms with E-state index >= 15 is 0 Å². The Morgan fingerprint density at radius 1 is 1.07 bits per heavy atom. The first-order valence-electron chi connectivity index (χ1n) is 9.92. The first kappa shape index (κ1) is 21.8. The van der Waals surface area contributed by atoms with Gasteiger partial charge in [0.05, 0.1) is 18.8 Å². The molecule has 0 spiro atoms. The fourth-order valence-corrected chi connectivity index (χ4v) is 4.48. The quantitative estimate of drug-likeness (QED) is 0.589. The molecule has 0 bridgehead atoms. The van der Waals surface area contributed by atoms with Crippen molar-refractivity contribution in [1.82, 2.24) is 4.90 Å². The van der Waals surface area contributed by atoms with Crippen LogP contribution in [-0.2, 0) is 10.3 Å². The Hall–Kier alpha value is -0.910. The van der Waals surface area contributed by atoms with Crippen LogP contribution in [0.1, 0.15) is 37.3 Å². The standard InChI is InChI=1S/C23H29BrClNO2/c1-17(2)15-23(27,19-5-7-20(24)8-6-19)22(16-26-11-13-28-14-12-26)18-3-9-21(25)10-4-18/h3-10,17,22,27H,11-16H2,1-2H3/t22-,23+/m1/s1. The molecule has 1 aliphatic rings. The third-order valence-corrected chi connectivity index (χ3v) is 6.24. The molecule has 1 heterocycles. The van der Waals surface area contributed by atoms with E-state index in [0.29, 0.717) is 17.4 Å². The Morgan fingerprint density at radius 3 is 2.25 bits per heavy atom.